The molecule has 0 amide bonds. The summed E-state index contributed by atoms with van der Waals surface area (Å²) in [5.41, 5.74) is 6.82. The lowest BCUT2D eigenvalue weighted by Gasteiger charge is -1.96. The van der Waals surface area contributed by atoms with Gasteiger partial charge in [-0.25, -0.2) is 0 Å². The van der Waals surface area contributed by atoms with Crippen LogP contribution in [0, 0.1) is 0 Å². The minimum atomic E-state index is 0.646. The first-order valence-corrected chi connectivity index (χ1v) is 6.25. The van der Waals surface area contributed by atoms with Gasteiger partial charge in [-0.05, 0) is 18.5 Å². The van der Waals surface area contributed by atoms with Gasteiger partial charge in [-0.2, -0.15) is 0 Å². The third-order valence-electron chi connectivity index (χ3n) is 2.34. The van der Waals surface area contributed by atoms with Gasteiger partial charge in [-0.3, -0.25) is 0 Å². The van der Waals surface area contributed by atoms with Crippen molar-refractivity contribution >= 4 is 11.3 Å². The molecule has 1 heterocycles. The molecule has 84 valence electrons. The number of aryl methyl sites for hydroxylation is 2. The van der Waals surface area contributed by atoms with Crippen LogP contribution < -0.4 is 5.73 Å². The van der Waals surface area contributed by atoms with Crippen LogP contribution in [0.2, 0.25) is 0 Å². The van der Waals surface area contributed by atoms with E-state index in [1.54, 1.807) is 11.3 Å². The molecule has 0 unspecified atom stereocenters. The summed E-state index contributed by atoms with van der Waals surface area (Å²) < 4.78 is 0. The van der Waals surface area contributed by atoms with E-state index < -0.39 is 0 Å². The van der Waals surface area contributed by atoms with Gasteiger partial charge in [0.1, 0.15) is 10.0 Å². The Morgan fingerprint density at radius 1 is 0.938 bits per heavy atom. The van der Waals surface area contributed by atoms with E-state index in [-0.39, 0.29) is 0 Å². The molecule has 2 aromatic rings. The van der Waals surface area contributed by atoms with E-state index in [0.717, 1.165) is 29.3 Å². The van der Waals surface area contributed by atoms with E-state index in [1.807, 2.05) is 6.07 Å². The van der Waals surface area contributed by atoms with Gasteiger partial charge in [0.2, 0.25) is 0 Å². The fourth-order valence-electron chi connectivity index (χ4n) is 1.51. The van der Waals surface area contributed by atoms with Gasteiger partial charge in [0.15, 0.2) is 0 Å². The Labute approximate surface area is 99.3 Å². The second-order valence-electron chi connectivity index (χ2n) is 3.61. The van der Waals surface area contributed by atoms with Crippen molar-refractivity contribution in [2.75, 3.05) is 6.54 Å². The molecule has 0 fully saturated rings. The molecule has 0 aliphatic heterocycles. The van der Waals surface area contributed by atoms with Crippen LogP contribution in [0.15, 0.2) is 30.3 Å². The molecule has 3 nitrogen and oxygen atoms in total. The highest BCUT2D eigenvalue weighted by Gasteiger charge is 2.03. The van der Waals surface area contributed by atoms with Gasteiger partial charge in [-0.1, -0.05) is 30.3 Å². The first-order chi connectivity index (χ1) is 7.88. The van der Waals surface area contributed by atoms with Gasteiger partial charge < -0.3 is 5.73 Å². The lowest BCUT2D eigenvalue weighted by atomic mass is 10.1. The monoisotopic (exact) mass is 233 g/mol. The zero-order valence-corrected chi connectivity index (χ0v) is 9.91. The van der Waals surface area contributed by atoms with Crippen LogP contribution in [0.1, 0.15) is 15.6 Å². The minimum absolute atomic E-state index is 0.646. The fourth-order valence-corrected chi connectivity index (χ4v) is 2.37. The Morgan fingerprint density at radius 3 is 2.31 bits per heavy atom. The Balaban J connectivity index is 1.89. The van der Waals surface area contributed by atoms with Crippen LogP contribution in [-0.4, -0.2) is 16.7 Å². The van der Waals surface area contributed by atoms with Crippen LogP contribution in [0.4, 0.5) is 0 Å². The smallest absolute Gasteiger partial charge is 0.118 e. The summed E-state index contributed by atoms with van der Waals surface area (Å²) in [5, 5.41) is 10.4. The fraction of sp³-hybridized carbons (Fsp3) is 0.333. The van der Waals surface area contributed by atoms with Gasteiger partial charge in [0, 0.05) is 12.8 Å². The van der Waals surface area contributed by atoms with Crippen molar-refractivity contribution in [2.45, 2.75) is 19.3 Å². The largest absolute Gasteiger partial charge is 0.330 e. The van der Waals surface area contributed by atoms with Gasteiger partial charge >= 0.3 is 0 Å². The molecule has 0 saturated carbocycles. The van der Waals surface area contributed by atoms with E-state index >= 15 is 0 Å². The maximum Gasteiger partial charge on any atom is 0.118 e. The lowest BCUT2D eigenvalue weighted by molar-refractivity contribution is 0.871. The van der Waals surface area contributed by atoms with Crippen LogP contribution >= 0.6 is 11.3 Å². The van der Waals surface area contributed by atoms with Crippen molar-refractivity contribution in [1.82, 2.24) is 10.2 Å². The topological polar surface area (TPSA) is 51.8 Å². The minimum Gasteiger partial charge on any atom is -0.330 e. The van der Waals surface area contributed by atoms with E-state index in [2.05, 4.69) is 34.5 Å². The summed E-state index contributed by atoms with van der Waals surface area (Å²) >= 11 is 1.67. The summed E-state index contributed by atoms with van der Waals surface area (Å²) in [6.45, 7) is 0.646. The normalized spacial score (nSPS) is 10.6. The summed E-state index contributed by atoms with van der Waals surface area (Å²) in [6.07, 6.45) is 2.83. The van der Waals surface area contributed by atoms with Crippen LogP contribution in [0.5, 0.6) is 0 Å². The number of nitrogens with zero attached hydrogens (tertiary/aromatic N) is 2. The number of rotatable bonds is 5. The first-order valence-electron chi connectivity index (χ1n) is 5.44. The molecule has 0 saturated heterocycles. The average Bonchev–Trinajstić information content (AvgIpc) is 2.76. The summed E-state index contributed by atoms with van der Waals surface area (Å²) in [7, 11) is 0. The molecule has 2 N–H and O–H groups in total. The second kappa shape index (κ2) is 5.72. The number of aromatic nitrogens is 2. The molecule has 0 atom stereocenters. The second-order valence-corrected chi connectivity index (χ2v) is 4.76. The highest BCUT2D eigenvalue weighted by atomic mass is 32.1. The maximum absolute atomic E-state index is 5.47. The van der Waals surface area contributed by atoms with Crippen LogP contribution in [0.25, 0.3) is 0 Å². The predicted molar refractivity (Wildman–Crippen MR) is 66.5 cm³/mol. The lowest BCUT2D eigenvalue weighted by Crippen LogP contribution is -2.01. The molecule has 0 aliphatic carbocycles. The molecule has 0 radical (unpaired) electrons. The highest BCUT2D eigenvalue weighted by molar-refractivity contribution is 7.11. The van der Waals surface area contributed by atoms with Crippen molar-refractivity contribution < 1.29 is 0 Å². The standard InChI is InChI=1S/C12H15N3S/c13-9-8-12-15-14-11(16-12)7-6-10-4-2-1-3-5-10/h1-5H,6-9,13H2. The molecule has 4 heteroatoms. The summed E-state index contributed by atoms with van der Waals surface area (Å²) in [4.78, 5) is 0. The third kappa shape index (κ3) is 3.12. The molecule has 0 bridgehead atoms. The SMILES string of the molecule is NCCc1nnc(CCc2ccccc2)s1. The molecule has 16 heavy (non-hydrogen) atoms. The van der Waals surface area contributed by atoms with E-state index in [4.69, 9.17) is 5.73 Å². The third-order valence-corrected chi connectivity index (χ3v) is 3.38. The Bertz CT molecular complexity index is 425. The molecule has 2 rings (SSSR count). The zero-order valence-electron chi connectivity index (χ0n) is 9.10. The van der Waals surface area contributed by atoms with E-state index in [9.17, 15) is 0 Å². The predicted octanol–water partition coefficient (Wildman–Crippen LogP) is 1.82. The first kappa shape index (κ1) is 11.2. The molecular weight excluding hydrogens is 218 g/mol. The van der Waals surface area contributed by atoms with Crippen molar-refractivity contribution in [3.05, 3.63) is 45.9 Å². The quantitative estimate of drug-likeness (QED) is 0.857. The van der Waals surface area contributed by atoms with Gasteiger partial charge in [0.25, 0.3) is 0 Å². The van der Waals surface area contributed by atoms with Gasteiger partial charge in [0.05, 0.1) is 0 Å². The Hall–Kier alpha value is -1.26. The van der Waals surface area contributed by atoms with E-state index in [1.165, 1.54) is 5.56 Å². The molecule has 0 spiro atoms. The molecule has 1 aromatic heterocycles. The maximum atomic E-state index is 5.47. The van der Waals surface area contributed by atoms with E-state index in [0.29, 0.717) is 6.54 Å². The number of nitrogens with two attached hydrogens (primary N) is 1. The van der Waals surface area contributed by atoms with Crippen LogP contribution in [0.3, 0.4) is 0 Å². The van der Waals surface area contributed by atoms with Gasteiger partial charge in [-0.15, -0.1) is 21.5 Å². The summed E-state index contributed by atoms with van der Waals surface area (Å²) in [6, 6.07) is 10.4. The molecule has 0 aliphatic rings. The highest BCUT2D eigenvalue weighted by Crippen LogP contribution is 2.12. The van der Waals surface area contributed by atoms with Crippen molar-refractivity contribution in [3.63, 3.8) is 0 Å². The number of hydrogen-bond acceptors (Lipinski definition) is 4. The van der Waals surface area contributed by atoms with Crippen LogP contribution in [-0.2, 0) is 19.3 Å². The Kier molecular flexibility index (Phi) is 4.02. The average molecular weight is 233 g/mol. The summed E-state index contributed by atoms with van der Waals surface area (Å²) in [5.74, 6) is 0. The Morgan fingerprint density at radius 2 is 1.62 bits per heavy atom. The van der Waals surface area contributed by atoms with Crippen molar-refractivity contribution in [3.8, 4) is 0 Å². The zero-order chi connectivity index (χ0) is 11.2. The molecular formula is C12H15N3S. The van der Waals surface area contributed by atoms with Crippen molar-refractivity contribution in [2.24, 2.45) is 5.73 Å². The number of benzene rings is 1. The van der Waals surface area contributed by atoms with Crippen molar-refractivity contribution in [1.29, 1.82) is 0 Å². The number of hydrogen-bond donors (Lipinski definition) is 1. The molecule has 1 aromatic carbocycles.